The third-order valence-electron chi connectivity index (χ3n) is 4.45. The van der Waals surface area contributed by atoms with E-state index in [1.54, 1.807) is 7.11 Å². The Hall–Kier alpha value is -2.86. The summed E-state index contributed by atoms with van der Waals surface area (Å²) in [4.78, 5) is 20.4. The Labute approximate surface area is 159 Å². The molecule has 0 bridgehead atoms. The molecule has 1 amide bonds. The Morgan fingerprint density at radius 2 is 2.07 bits per heavy atom. The van der Waals surface area contributed by atoms with Crippen LogP contribution in [-0.4, -0.2) is 29.5 Å². The van der Waals surface area contributed by atoms with E-state index in [4.69, 9.17) is 4.74 Å². The molecule has 0 aliphatic heterocycles. The van der Waals surface area contributed by atoms with Gasteiger partial charge >= 0.3 is 0 Å². The van der Waals surface area contributed by atoms with Gasteiger partial charge in [-0.25, -0.2) is 10.4 Å². The van der Waals surface area contributed by atoms with Gasteiger partial charge in [-0.2, -0.15) is 0 Å². The van der Waals surface area contributed by atoms with Crippen LogP contribution < -0.4 is 15.6 Å². The summed E-state index contributed by atoms with van der Waals surface area (Å²) in [5.41, 5.74) is 10.4. The number of rotatable bonds is 8. The third kappa shape index (κ3) is 4.65. The Kier molecular flexibility index (Phi) is 6.08. The monoisotopic (exact) mass is 366 g/mol. The molecule has 27 heavy (non-hydrogen) atoms. The summed E-state index contributed by atoms with van der Waals surface area (Å²) >= 11 is 0. The fraction of sp³-hybridized carbons (Fsp3) is 0.333. The molecule has 0 radical (unpaired) electrons. The molecule has 6 heteroatoms. The lowest BCUT2D eigenvalue weighted by atomic mass is 10.1. The van der Waals surface area contributed by atoms with E-state index in [1.807, 2.05) is 43.3 Å². The quantitative estimate of drug-likeness (QED) is 0.422. The fourth-order valence-corrected chi connectivity index (χ4v) is 3.08. The first-order chi connectivity index (χ1) is 13.1. The van der Waals surface area contributed by atoms with E-state index >= 15 is 0 Å². The molecule has 0 spiro atoms. The number of imidazole rings is 1. The van der Waals surface area contributed by atoms with Crippen molar-refractivity contribution in [3.8, 4) is 5.75 Å². The molecule has 0 fully saturated rings. The Balaban J connectivity index is 1.58. The highest BCUT2D eigenvalue weighted by molar-refractivity contribution is 5.98. The fourth-order valence-electron chi connectivity index (χ4n) is 3.08. The van der Waals surface area contributed by atoms with Crippen molar-refractivity contribution in [2.45, 2.75) is 33.1 Å². The van der Waals surface area contributed by atoms with E-state index in [1.165, 1.54) is 0 Å². The number of benzene rings is 2. The maximum Gasteiger partial charge on any atom is 0.265 e. The van der Waals surface area contributed by atoms with Crippen molar-refractivity contribution in [3.05, 3.63) is 58.9 Å². The van der Waals surface area contributed by atoms with Gasteiger partial charge in [-0.1, -0.05) is 19.1 Å². The van der Waals surface area contributed by atoms with Crippen molar-refractivity contribution in [2.75, 3.05) is 13.7 Å². The smallest absolute Gasteiger partial charge is 0.265 e. The first-order valence-electron chi connectivity index (χ1n) is 9.26. The zero-order valence-corrected chi connectivity index (χ0v) is 16.1. The molecule has 0 aliphatic carbocycles. The van der Waals surface area contributed by atoms with Gasteiger partial charge in [0.1, 0.15) is 11.6 Å². The summed E-state index contributed by atoms with van der Waals surface area (Å²) in [6.45, 7) is 4.73. The highest BCUT2D eigenvalue weighted by atomic mass is 16.5. The predicted octanol–water partition coefficient (Wildman–Crippen LogP) is 3.31. The lowest BCUT2D eigenvalue weighted by Crippen LogP contribution is -2.38. The van der Waals surface area contributed by atoms with Crippen LogP contribution in [0.3, 0.4) is 0 Å². The molecule has 1 heterocycles. The molecule has 142 valence electrons. The summed E-state index contributed by atoms with van der Waals surface area (Å²) in [6.07, 6.45) is 2.72. The van der Waals surface area contributed by atoms with Gasteiger partial charge in [-0.05, 0) is 55.2 Å². The van der Waals surface area contributed by atoms with Crippen molar-refractivity contribution in [1.82, 2.24) is 20.8 Å². The topological polar surface area (TPSA) is 79.0 Å². The number of aryl methyl sites for hydroxylation is 2. The van der Waals surface area contributed by atoms with Gasteiger partial charge in [0.2, 0.25) is 0 Å². The Morgan fingerprint density at radius 1 is 1.22 bits per heavy atom. The average molecular weight is 366 g/mol. The first kappa shape index (κ1) is 18.9. The minimum atomic E-state index is -0.155. The number of aromatic amines is 1. The van der Waals surface area contributed by atoms with Crippen molar-refractivity contribution < 1.29 is 9.53 Å². The van der Waals surface area contributed by atoms with Crippen LogP contribution in [0.15, 0.2) is 36.4 Å². The van der Waals surface area contributed by atoms with E-state index in [-0.39, 0.29) is 5.91 Å². The molecule has 0 saturated carbocycles. The second-order valence-corrected chi connectivity index (χ2v) is 6.61. The predicted molar refractivity (Wildman–Crippen MR) is 107 cm³/mol. The highest BCUT2D eigenvalue weighted by Gasteiger charge is 2.11. The van der Waals surface area contributed by atoms with Crippen LogP contribution >= 0.6 is 0 Å². The molecule has 0 atom stereocenters. The molecule has 3 rings (SSSR count). The van der Waals surface area contributed by atoms with Crippen molar-refractivity contribution in [2.24, 2.45) is 0 Å². The number of hydrogen-bond acceptors (Lipinski definition) is 4. The number of hydrogen-bond donors (Lipinski definition) is 3. The normalized spacial score (nSPS) is 10.9. The number of nitrogens with zero attached hydrogens (tertiary/aromatic N) is 1. The van der Waals surface area contributed by atoms with Crippen LogP contribution in [0, 0.1) is 6.92 Å². The number of carbonyl (C=O) groups is 1. The minimum Gasteiger partial charge on any atom is -0.497 e. The van der Waals surface area contributed by atoms with Crippen LogP contribution in [0.25, 0.3) is 11.0 Å². The van der Waals surface area contributed by atoms with E-state index in [9.17, 15) is 4.79 Å². The van der Waals surface area contributed by atoms with Gasteiger partial charge in [0.05, 0.1) is 18.1 Å². The van der Waals surface area contributed by atoms with Gasteiger partial charge in [-0.3, -0.25) is 10.2 Å². The SMILES string of the molecule is CCCc1nc2c(C)cc(C(=O)NNCCc3cccc(OC)c3)cc2[nH]1. The van der Waals surface area contributed by atoms with Crippen LogP contribution in [0.5, 0.6) is 5.75 Å². The van der Waals surface area contributed by atoms with Gasteiger partial charge in [0, 0.05) is 18.5 Å². The van der Waals surface area contributed by atoms with E-state index < -0.39 is 0 Å². The molecular weight excluding hydrogens is 340 g/mol. The van der Waals surface area contributed by atoms with Gasteiger partial charge in [0.15, 0.2) is 0 Å². The lowest BCUT2D eigenvalue weighted by molar-refractivity contribution is 0.0933. The van der Waals surface area contributed by atoms with Crippen LogP contribution in [0.1, 0.15) is 40.7 Å². The number of hydrazine groups is 1. The Bertz CT molecular complexity index is 933. The number of methoxy groups -OCH3 is 1. The van der Waals surface area contributed by atoms with E-state index in [2.05, 4.69) is 27.7 Å². The van der Waals surface area contributed by atoms with Crippen molar-refractivity contribution >= 4 is 16.9 Å². The van der Waals surface area contributed by atoms with E-state index in [0.717, 1.165) is 53.0 Å². The standard InChI is InChI=1S/C21H26N4O2/c1-4-6-19-23-18-13-16(11-14(2)20(18)24-19)21(26)25-22-10-9-15-7-5-8-17(12-15)27-3/h5,7-8,11-13,22H,4,6,9-10H2,1-3H3,(H,23,24)(H,25,26). The van der Waals surface area contributed by atoms with E-state index in [0.29, 0.717) is 12.1 Å². The zero-order chi connectivity index (χ0) is 19.2. The molecule has 1 aromatic heterocycles. The number of nitrogens with one attached hydrogen (secondary N) is 3. The van der Waals surface area contributed by atoms with Gasteiger partial charge in [-0.15, -0.1) is 0 Å². The maximum absolute atomic E-state index is 12.5. The summed E-state index contributed by atoms with van der Waals surface area (Å²) in [6, 6.07) is 11.6. The molecule has 2 aromatic carbocycles. The summed E-state index contributed by atoms with van der Waals surface area (Å²) < 4.78 is 5.22. The summed E-state index contributed by atoms with van der Waals surface area (Å²) in [5.74, 6) is 1.64. The lowest BCUT2D eigenvalue weighted by Gasteiger charge is -2.09. The molecule has 0 unspecified atom stereocenters. The third-order valence-corrected chi connectivity index (χ3v) is 4.45. The average Bonchev–Trinajstić information content (AvgIpc) is 3.09. The van der Waals surface area contributed by atoms with Crippen molar-refractivity contribution in [3.63, 3.8) is 0 Å². The molecule has 6 nitrogen and oxygen atoms in total. The van der Waals surface area contributed by atoms with Gasteiger partial charge < -0.3 is 9.72 Å². The second kappa shape index (κ2) is 8.68. The molecule has 0 saturated heterocycles. The zero-order valence-electron chi connectivity index (χ0n) is 16.1. The summed E-state index contributed by atoms with van der Waals surface area (Å²) in [7, 11) is 1.65. The number of aromatic nitrogens is 2. The molecule has 0 aliphatic rings. The number of ether oxygens (including phenoxy) is 1. The number of carbonyl (C=O) groups excluding carboxylic acids is 1. The van der Waals surface area contributed by atoms with Crippen LogP contribution in [0.4, 0.5) is 0 Å². The second-order valence-electron chi connectivity index (χ2n) is 6.61. The molecule has 3 aromatic rings. The number of fused-ring (bicyclic) bond motifs is 1. The van der Waals surface area contributed by atoms with Crippen LogP contribution in [-0.2, 0) is 12.8 Å². The number of H-pyrrole nitrogens is 1. The number of amides is 1. The van der Waals surface area contributed by atoms with Gasteiger partial charge in [0.25, 0.3) is 5.91 Å². The van der Waals surface area contributed by atoms with Crippen molar-refractivity contribution in [1.29, 1.82) is 0 Å². The van der Waals surface area contributed by atoms with Crippen LogP contribution in [0.2, 0.25) is 0 Å². The largest absolute Gasteiger partial charge is 0.497 e. The molecule has 3 N–H and O–H groups in total. The molecular formula is C21H26N4O2. The maximum atomic E-state index is 12.5. The Morgan fingerprint density at radius 3 is 2.85 bits per heavy atom. The minimum absolute atomic E-state index is 0.155. The highest BCUT2D eigenvalue weighted by Crippen LogP contribution is 2.19. The first-order valence-corrected chi connectivity index (χ1v) is 9.26. The summed E-state index contributed by atoms with van der Waals surface area (Å²) in [5, 5.41) is 0.